The number of rotatable bonds is 5. The summed E-state index contributed by atoms with van der Waals surface area (Å²) < 4.78 is 0. The van der Waals surface area contributed by atoms with Gasteiger partial charge in [-0.25, -0.2) is 0 Å². The molecule has 0 unspecified atom stereocenters. The van der Waals surface area contributed by atoms with E-state index in [2.05, 4.69) is 0 Å². The van der Waals surface area contributed by atoms with Crippen LogP contribution in [-0.2, 0) is 0 Å². The van der Waals surface area contributed by atoms with Crippen LogP contribution in [0.2, 0.25) is 0 Å². The maximum atomic E-state index is 10.8. The van der Waals surface area contributed by atoms with Gasteiger partial charge >= 0.3 is 58.0 Å². The van der Waals surface area contributed by atoms with Crippen molar-refractivity contribution < 1.29 is 60.7 Å². The standard InChI is InChI=1S/C6HN5O11.Na.H/c12-6-4(10(19)20)2(8(15)16)1(7(13)14)3(9(17)18)5(6)11(21)22;;/h12H;;/q;+1;-1. The quantitative estimate of drug-likeness (QED) is 0.350. The number of nitrogens with zero attached hydrogens (tertiary/aromatic N) is 5. The Morgan fingerprint density at radius 2 is 0.739 bits per heavy atom. The Morgan fingerprint density at radius 1 is 0.565 bits per heavy atom. The smallest absolute Gasteiger partial charge is 1.00 e. The van der Waals surface area contributed by atoms with Crippen LogP contribution in [0.5, 0.6) is 5.75 Å². The van der Waals surface area contributed by atoms with Crippen LogP contribution in [0, 0.1) is 50.6 Å². The van der Waals surface area contributed by atoms with E-state index >= 15 is 0 Å². The third-order valence-corrected chi connectivity index (χ3v) is 2.26. The summed E-state index contributed by atoms with van der Waals surface area (Å²) in [7, 11) is 0. The van der Waals surface area contributed by atoms with Gasteiger partial charge in [0.15, 0.2) is 0 Å². The summed E-state index contributed by atoms with van der Waals surface area (Å²) in [6, 6.07) is 0. The van der Waals surface area contributed by atoms with Gasteiger partial charge in [0.2, 0.25) is 0 Å². The Kier molecular flexibility index (Phi) is 5.97. The fourth-order valence-corrected chi connectivity index (χ4v) is 1.54. The molecule has 0 heterocycles. The molecule has 0 aromatic heterocycles. The number of phenols is 1. The van der Waals surface area contributed by atoms with Gasteiger partial charge in [-0.05, 0) is 0 Å². The fourth-order valence-electron chi connectivity index (χ4n) is 1.54. The van der Waals surface area contributed by atoms with E-state index in [1.54, 1.807) is 0 Å². The van der Waals surface area contributed by atoms with Gasteiger partial charge in [0.05, 0.1) is 24.6 Å². The van der Waals surface area contributed by atoms with E-state index in [0.717, 1.165) is 0 Å². The van der Waals surface area contributed by atoms with Crippen LogP contribution < -0.4 is 29.6 Å². The van der Waals surface area contributed by atoms with Crippen LogP contribution in [0.15, 0.2) is 0 Å². The topological polar surface area (TPSA) is 236 Å². The summed E-state index contributed by atoms with van der Waals surface area (Å²) >= 11 is 0. The van der Waals surface area contributed by atoms with E-state index in [1.165, 1.54) is 0 Å². The zero-order valence-electron chi connectivity index (χ0n) is 11.8. The number of benzene rings is 1. The molecule has 23 heavy (non-hydrogen) atoms. The molecule has 0 saturated carbocycles. The fraction of sp³-hybridized carbons (Fsp3) is 0. The second-order valence-corrected chi connectivity index (χ2v) is 3.38. The van der Waals surface area contributed by atoms with E-state index in [4.69, 9.17) is 0 Å². The Morgan fingerprint density at radius 3 is 0.913 bits per heavy atom. The van der Waals surface area contributed by atoms with Gasteiger partial charge in [0.1, 0.15) is 0 Å². The minimum absolute atomic E-state index is 0. The van der Waals surface area contributed by atoms with Gasteiger partial charge in [0, 0.05) is 0 Å². The molecule has 118 valence electrons. The number of nitro benzene ring substituents is 5. The molecule has 0 aliphatic carbocycles. The Labute approximate surface area is 145 Å². The third-order valence-electron chi connectivity index (χ3n) is 2.26. The molecule has 0 spiro atoms. The number of phenolic OH excluding ortho intramolecular Hbond substituents is 1. The summed E-state index contributed by atoms with van der Waals surface area (Å²) in [5, 5.41) is 63.1. The minimum atomic E-state index is -2.08. The van der Waals surface area contributed by atoms with E-state index in [0.29, 0.717) is 0 Å². The van der Waals surface area contributed by atoms with Gasteiger partial charge in [-0.2, -0.15) is 0 Å². The SMILES string of the molecule is O=[N+]([O-])c1c(O)c([N+](=O)[O-])c([N+](=O)[O-])c([N+](=O)[O-])c1[N+](=O)[O-].[H-].[Na+]. The van der Waals surface area contributed by atoms with Gasteiger partial charge in [0.25, 0.3) is 5.75 Å². The molecule has 1 N–H and O–H groups in total. The van der Waals surface area contributed by atoms with Crippen LogP contribution in [-0.4, -0.2) is 29.7 Å². The van der Waals surface area contributed by atoms with E-state index in [-0.39, 0.29) is 31.0 Å². The maximum absolute atomic E-state index is 10.8. The predicted molar refractivity (Wildman–Crippen MR) is 62.5 cm³/mol. The Hall–Kier alpha value is -2.98. The van der Waals surface area contributed by atoms with Crippen LogP contribution in [0.3, 0.4) is 0 Å². The first kappa shape index (κ1) is 20.0. The van der Waals surface area contributed by atoms with Gasteiger partial charge < -0.3 is 6.53 Å². The molecule has 0 atom stereocenters. The zero-order chi connectivity index (χ0) is 17.4. The van der Waals surface area contributed by atoms with Crippen molar-refractivity contribution in [2.45, 2.75) is 0 Å². The predicted octanol–water partition coefficient (Wildman–Crippen LogP) is -1.95. The first-order valence-electron chi connectivity index (χ1n) is 4.67. The molecule has 0 fully saturated rings. The van der Waals surface area contributed by atoms with E-state index in [9.17, 15) is 55.7 Å². The molecular formula is C6H2N5NaO11. The molecule has 1 rings (SSSR count). The first-order chi connectivity index (χ1) is 10.0. The van der Waals surface area contributed by atoms with Crippen LogP contribution >= 0.6 is 0 Å². The van der Waals surface area contributed by atoms with Crippen molar-refractivity contribution in [3.63, 3.8) is 0 Å². The number of aromatic hydroxyl groups is 1. The Bertz CT molecular complexity index is 713. The molecule has 1 aromatic rings. The molecule has 0 saturated heterocycles. The van der Waals surface area contributed by atoms with Crippen molar-refractivity contribution >= 4 is 28.4 Å². The van der Waals surface area contributed by atoms with Gasteiger partial charge in [-0.15, -0.1) is 0 Å². The third kappa shape index (κ3) is 3.27. The van der Waals surface area contributed by atoms with Gasteiger partial charge in [-0.1, -0.05) is 0 Å². The molecule has 0 bridgehead atoms. The van der Waals surface area contributed by atoms with E-state index in [1.807, 2.05) is 0 Å². The minimum Gasteiger partial charge on any atom is -1.00 e. The molecule has 17 heteroatoms. The maximum Gasteiger partial charge on any atom is 1.00 e. The first-order valence-corrected chi connectivity index (χ1v) is 4.67. The molecule has 1 aromatic carbocycles. The van der Waals surface area contributed by atoms with Crippen molar-refractivity contribution in [3.8, 4) is 5.75 Å². The number of nitro groups is 5. The average molecular weight is 343 g/mol. The van der Waals surface area contributed by atoms with E-state index < -0.39 is 58.8 Å². The summed E-state index contributed by atoms with van der Waals surface area (Å²) in [5.74, 6) is -2.03. The van der Waals surface area contributed by atoms with Crippen molar-refractivity contribution in [1.82, 2.24) is 0 Å². The van der Waals surface area contributed by atoms with Crippen LogP contribution in [0.4, 0.5) is 28.4 Å². The van der Waals surface area contributed by atoms with Crippen molar-refractivity contribution in [3.05, 3.63) is 50.6 Å². The van der Waals surface area contributed by atoms with Crippen molar-refractivity contribution in [1.29, 1.82) is 0 Å². The van der Waals surface area contributed by atoms with Gasteiger partial charge in [-0.3, -0.25) is 50.6 Å². The monoisotopic (exact) mass is 343 g/mol. The molecule has 16 nitrogen and oxygen atoms in total. The van der Waals surface area contributed by atoms with Crippen LogP contribution in [0.25, 0.3) is 0 Å². The second kappa shape index (κ2) is 6.85. The second-order valence-electron chi connectivity index (χ2n) is 3.38. The number of hydrogen-bond acceptors (Lipinski definition) is 11. The van der Waals surface area contributed by atoms with Crippen molar-refractivity contribution in [2.24, 2.45) is 0 Å². The molecule has 0 aliphatic rings. The van der Waals surface area contributed by atoms with Crippen LogP contribution in [0.1, 0.15) is 1.43 Å². The number of hydrogen-bond donors (Lipinski definition) is 1. The zero-order valence-corrected chi connectivity index (χ0v) is 12.8. The molecule has 0 radical (unpaired) electrons. The Balaban J connectivity index is 0. The van der Waals surface area contributed by atoms with Crippen molar-refractivity contribution in [2.75, 3.05) is 0 Å². The molecular weight excluding hydrogens is 341 g/mol. The summed E-state index contributed by atoms with van der Waals surface area (Å²) in [4.78, 5) is 45.1. The average Bonchev–Trinajstić information content (AvgIpc) is 2.34. The normalized spacial score (nSPS) is 9.57. The largest absolute Gasteiger partial charge is 1.00 e. The summed E-state index contributed by atoms with van der Waals surface area (Å²) in [6.07, 6.45) is 0. The molecule has 0 amide bonds. The summed E-state index contributed by atoms with van der Waals surface area (Å²) in [5.41, 5.74) is -10.1. The summed E-state index contributed by atoms with van der Waals surface area (Å²) in [6.45, 7) is 0. The molecule has 0 aliphatic heterocycles.